The maximum atomic E-state index is 11.4. The molecule has 0 bridgehead atoms. The highest BCUT2D eigenvalue weighted by molar-refractivity contribution is 5.85. The fourth-order valence-corrected chi connectivity index (χ4v) is 1.74. The fraction of sp³-hybridized carbons (Fsp3) is 0.909. The SMILES string of the molecule is CCOCCCC(=O)NCC1CCCN1.Cl. The number of rotatable bonds is 7. The highest BCUT2D eigenvalue weighted by atomic mass is 35.5. The van der Waals surface area contributed by atoms with Crippen molar-refractivity contribution in [1.29, 1.82) is 0 Å². The van der Waals surface area contributed by atoms with Gasteiger partial charge >= 0.3 is 0 Å². The third-order valence-electron chi connectivity index (χ3n) is 2.60. The molecule has 1 atom stereocenters. The zero-order valence-electron chi connectivity index (χ0n) is 9.96. The molecule has 4 nitrogen and oxygen atoms in total. The van der Waals surface area contributed by atoms with Crippen LogP contribution in [0.1, 0.15) is 32.6 Å². The summed E-state index contributed by atoms with van der Waals surface area (Å²) >= 11 is 0. The zero-order chi connectivity index (χ0) is 10.9. The van der Waals surface area contributed by atoms with Crippen molar-refractivity contribution in [3.05, 3.63) is 0 Å². The highest BCUT2D eigenvalue weighted by Gasteiger charge is 2.14. The van der Waals surface area contributed by atoms with E-state index in [9.17, 15) is 4.79 Å². The molecule has 1 unspecified atom stereocenters. The van der Waals surface area contributed by atoms with E-state index in [0.717, 1.165) is 26.1 Å². The van der Waals surface area contributed by atoms with Gasteiger partial charge < -0.3 is 15.4 Å². The summed E-state index contributed by atoms with van der Waals surface area (Å²) in [4.78, 5) is 11.4. The Labute approximate surface area is 104 Å². The first-order valence-electron chi connectivity index (χ1n) is 5.90. The number of hydrogen-bond donors (Lipinski definition) is 2. The minimum Gasteiger partial charge on any atom is -0.382 e. The maximum absolute atomic E-state index is 11.4. The first kappa shape index (κ1) is 15.7. The quantitative estimate of drug-likeness (QED) is 0.666. The van der Waals surface area contributed by atoms with Crippen molar-refractivity contribution >= 4 is 18.3 Å². The second kappa shape index (κ2) is 9.87. The molecule has 1 aliphatic heterocycles. The summed E-state index contributed by atoms with van der Waals surface area (Å²) in [6.07, 6.45) is 3.80. The molecule has 0 aromatic rings. The van der Waals surface area contributed by atoms with E-state index in [0.29, 0.717) is 19.1 Å². The third-order valence-corrected chi connectivity index (χ3v) is 2.60. The van der Waals surface area contributed by atoms with Crippen molar-refractivity contribution in [2.75, 3.05) is 26.3 Å². The molecule has 1 rings (SSSR count). The largest absolute Gasteiger partial charge is 0.382 e. The van der Waals surface area contributed by atoms with Gasteiger partial charge in [-0.25, -0.2) is 0 Å². The average Bonchev–Trinajstić information content (AvgIpc) is 2.74. The van der Waals surface area contributed by atoms with E-state index in [1.807, 2.05) is 6.92 Å². The molecular formula is C11H23ClN2O2. The van der Waals surface area contributed by atoms with Crippen LogP contribution in [0.3, 0.4) is 0 Å². The Hall–Kier alpha value is -0.320. The lowest BCUT2D eigenvalue weighted by Crippen LogP contribution is -2.37. The lowest BCUT2D eigenvalue weighted by atomic mass is 10.2. The molecule has 0 saturated carbocycles. The van der Waals surface area contributed by atoms with E-state index in [2.05, 4.69) is 10.6 Å². The Morgan fingerprint density at radius 3 is 3.00 bits per heavy atom. The molecule has 0 aliphatic carbocycles. The smallest absolute Gasteiger partial charge is 0.220 e. The van der Waals surface area contributed by atoms with Gasteiger partial charge in [0.05, 0.1) is 0 Å². The Kier molecular flexibility index (Phi) is 9.68. The minimum absolute atomic E-state index is 0. The first-order valence-corrected chi connectivity index (χ1v) is 5.90. The molecule has 1 fully saturated rings. The van der Waals surface area contributed by atoms with Crippen LogP contribution in [0.4, 0.5) is 0 Å². The molecule has 5 heteroatoms. The van der Waals surface area contributed by atoms with E-state index in [1.165, 1.54) is 12.8 Å². The summed E-state index contributed by atoms with van der Waals surface area (Å²) in [5.41, 5.74) is 0. The minimum atomic E-state index is 0. The number of carbonyl (C=O) groups excluding carboxylic acids is 1. The Morgan fingerprint density at radius 1 is 1.56 bits per heavy atom. The van der Waals surface area contributed by atoms with E-state index in [1.54, 1.807) is 0 Å². The molecule has 16 heavy (non-hydrogen) atoms. The predicted molar refractivity (Wildman–Crippen MR) is 67.0 cm³/mol. The van der Waals surface area contributed by atoms with Gasteiger partial charge in [-0.15, -0.1) is 12.4 Å². The van der Waals surface area contributed by atoms with Gasteiger partial charge in [-0.3, -0.25) is 4.79 Å². The second-order valence-corrected chi connectivity index (χ2v) is 3.90. The molecule has 1 saturated heterocycles. The second-order valence-electron chi connectivity index (χ2n) is 3.90. The predicted octanol–water partition coefficient (Wildman–Crippen LogP) is 1.09. The van der Waals surface area contributed by atoms with Crippen molar-refractivity contribution in [3.63, 3.8) is 0 Å². The van der Waals surface area contributed by atoms with Crippen molar-refractivity contribution < 1.29 is 9.53 Å². The van der Waals surface area contributed by atoms with Gasteiger partial charge in [-0.2, -0.15) is 0 Å². The Balaban J connectivity index is 0.00000225. The van der Waals surface area contributed by atoms with Crippen molar-refractivity contribution in [3.8, 4) is 0 Å². The van der Waals surface area contributed by atoms with Gasteiger partial charge in [-0.1, -0.05) is 0 Å². The molecule has 0 aromatic carbocycles. The molecular weight excluding hydrogens is 228 g/mol. The van der Waals surface area contributed by atoms with Gasteiger partial charge in [0.1, 0.15) is 0 Å². The van der Waals surface area contributed by atoms with Gasteiger partial charge in [0, 0.05) is 32.2 Å². The van der Waals surface area contributed by atoms with E-state index in [-0.39, 0.29) is 18.3 Å². The molecule has 2 N–H and O–H groups in total. The van der Waals surface area contributed by atoms with Crippen LogP contribution in [0, 0.1) is 0 Å². The molecule has 0 radical (unpaired) electrons. The maximum Gasteiger partial charge on any atom is 0.220 e. The summed E-state index contributed by atoms with van der Waals surface area (Å²) in [6.45, 7) is 5.24. The van der Waals surface area contributed by atoms with Crippen molar-refractivity contribution in [2.24, 2.45) is 0 Å². The molecule has 1 amide bonds. The number of ether oxygens (including phenoxy) is 1. The van der Waals surface area contributed by atoms with Crippen LogP contribution in [0.25, 0.3) is 0 Å². The van der Waals surface area contributed by atoms with Crippen LogP contribution in [-0.2, 0) is 9.53 Å². The Bertz CT molecular complexity index is 185. The van der Waals surface area contributed by atoms with E-state index < -0.39 is 0 Å². The van der Waals surface area contributed by atoms with Crippen LogP contribution in [0.5, 0.6) is 0 Å². The standard InChI is InChI=1S/C11H22N2O2.ClH/c1-2-15-8-4-6-11(14)13-9-10-5-3-7-12-10;/h10,12H,2-9H2,1H3,(H,13,14);1H. The number of carbonyl (C=O) groups is 1. The van der Waals surface area contributed by atoms with Gasteiger partial charge in [0.25, 0.3) is 0 Å². The first-order chi connectivity index (χ1) is 7.33. The van der Waals surface area contributed by atoms with Crippen LogP contribution in [0.2, 0.25) is 0 Å². The lowest BCUT2D eigenvalue weighted by molar-refractivity contribution is -0.121. The monoisotopic (exact) mass is 250 g/mol. The van der Waals surface area contributed by atoms with Crippen LogP contribution in [-0.4, -0.2) is 38.3 Å². The van der Waals surface area contributed by atoms with Crippen molar-refractivity contribution in [1.82, 2.24) is 10.6 Å². The van der Waals surface area contributed by atoms with Gasteiger partial charge in [0.2, 0.25) is 5.91 Å². The van der Waals surface area contributed by atoms with Crippen LogP contribution < -0.4 is 10.6 Å². The number of nitrogens with one attached hydrogen (secondary N) is 2. The van der Waals surface area contributed by atoms with E-state index >= 15 is 0 Å². The summed E-state index contributed by atoms with van der Waals surface area (Å²) < 4.78 is 5.17. The summed E-state index contributed by atoms with van der Waals surface area (Å²) in [5, 5.41) is 6.29. The molecule has 96 valence electrons. The fourth-order valence-electron chi connectivity index (χ4n) is 1.74. The molecule has 0 spiro atoms. The van der Waals surface area contributed by atoms with E-state index in [4.69, 9.17) is 4.74 Å². The van der Waals surface area contributed by atoms with Crippen molar-refractivity contribution in [2.45, 2.75) is 38.6 Å². The normalized spacial score (nSPS) is 19.2. The highest BCUT2D eigenvalue weighted by Crippen LogP contribution is 2.03. The number of hydrogen-bond acceptors (Lipinski definition) is 3. The summed E-state index contributed by atoms with van der Waals surface area (Å²) in [5.74, 6) is 0.142. The molecule has 1 aliphatic rings. The Morgan fingerprint density at radius 2 is 2.38 bits per heavy atom. The number of amides is 1. The van der Waals surface area contributed by atoms with Crippen LogP contribution >= 0.6 is 12.4 Å². The zero-order valence-corrected chi connectivity index (χ0v) is 10.8. The lowest BCUT2D eigenvalue weighted by Gasteiger charge is -2.11. The van der Waals surface area contributed by atoms with Gasteiger partial charge in [0.15, 0.2) is 0 Å². The topological polar surface area (TPSA) is 50.4 Å². The summed E-state index contributed by atoms with van der Waals surface area (Å²) in [7, 11) is 0. The molecule has 0 aromatic heterocycles. The number of halogens is 1. The molecule has 1 heterocycles. The van der Waals surface area contributed by atoms with Crippen LogP contribution in [0.15, 0.2) is 0 Å². The summed E-state index contributed by atoms with van der Waals surface area (Å²) in [6, 6.07) is 0.487. The van der Waals surface area contributed by atoms with Gasteiger partial charge in [-0.05, 0) is 32.7 Å². The average molecular weight is 251 g/mol. The third kappa shape index (κ3) is 7.04.